The van der Waals surface area contributed by atoms with Crippen molar-refractivity contribution >= 4 is 11.5 Å². The minimum Gasteiger partial charge on any atom is -0.396 e. The Morgan fingerprint density at radius 2 is 1.97 bits per heavy atom. The van der Waals surface area contributed by atoms with E-state index in [1.807, 2.05) is 0 Å². The number of nitrogens with zero attached hydrogens (tertiary/aromatic N) is 6. The Balaban J connectivity index is 1.81. The number of rotatable bonds is 6. The first-order valence-electron chi connectivity index (χ1n) is 9.86. The van der Waals surface area contributed by atoms with Crippen molar-refractivity contribution < 1.29 is 18.3 Å². The number of aryl methyl sites for hydroxylation is 1. The van der Waals surface area contributed by atoms with Gasteiger partial charge in [-0.3, -0.25) is 0 Å². The Bertz CT molecular complexity index is 1320. The highest BCUT2D eigenvalue weighted by atomic mass is 19.4. The molecule has 0 fully saturated rings. The summed E-state index contributed by atoms with van der Waals surface area (Å²) in [6.07, 6.45) is 0.485. The SMILES string of the molecule is Cc1cc(-n2ccc(-n3cccn3)n2)c(CCO)c(Nc2ccc(C#N)cc2C(F)(F)F)n1. The molecular formula is C22H18F3N7O. The summed E-state index contributed by atoms with van der Waals surface area (Å²) in [6, 6.07) is 10.2. The normalized spacial score (nSPS) is 11.4. The second-order valence-electron chi connectivity index (χ2n) is 7.15. The van der Waals surface area contributed by atoms with Crippen molar-refractivity contribution in [1.82, 2.24) is 24.5 Å². The fourth-order valence-electron chi connectivity index (χ4n) is 3.41. The molecule has 0 aliphatic heterocycles. The van der Waals surface area contributed by atoms with Gasteiger partial charge in [0, 0.05) is 48.9 Å². The van der Waals surface area contributed by atoms with Crippen LogP contribution < -0.4 is 5.32 Å². The summed E-state index contributed by atoms with van der Waals surface area (Å²) >= 11 is 0. The molecule has 3 heterocycles. The predicted octanol–water partition coefficient (Wildman–Crippen LogP) is 3.93. The van der Waals surface area contributed by atoms with Gasteiger partial charge in [0.15, 0.2) is 5.82 Å². The minimum atomic E-state index is -4.68. The highest BCUT2D eigenvalue weighted by molar-refractivity contribution is 5.68. The number of pyridine rings is 1. The third kappa shape index (κ3) is 4.56. The van der Waals surface area contributed by atoms with Gasteiger partial charge in [0.1, 0.15) is 5.82 Å². The van der Waals surface area contributed by atoms with Crippen molar-refractivity contribution in [1.29, 1.82) is 5.26 Å². The number of halogens is 3. The Morgan fingerprint density at radius 1 is 1.15 bits per heavy atom. The van der Waals surface area contributed by atoms with Crippen LogP contribution in [0.15, 0.2) is 55.0 Å². The number of anilines is 2. The van der Waals surface area contributed by atoms with Crippen molar-refractivity contribution in [3.63, 3.8) is 0 Å². The maximum atomic E-state index is 13.6. The molecule has 2 N–H and O–H groups in total. The smallest absolute Gasteiger partial charge is 0.396 e. The largest absolute Gasteiger partial charge is 0.418 e. The zero-order valence-electron chi connectivity index (χ0n) is 17.4. The molecule has 3 aromatic heterocycles. The molecule has 0 saturated heterocycles. The lowest BCUT2D eigenvalue weighted by Gasteiger charge is -2.19. The van der Waals surface area contributed by atoms with Crippen molar-refractivity contribution in [2.45, 2.75) is 19.5 Å². The second-order valence-corrected chi connectivity index (χ2v) is 7.15. The lowest BCUT2D eigenvalue weighted by Crippen LogP contribution is -2.13. The van der Waals surface area contributed by atoms with Gasteiger partial charge in [-0.15, -0.1) is 5.10 Å². The number of nitriles is 1. The summed E-state index contributed by atoms with van der Waals surface area (Å²) < 4.78 is 44.1. The zero-order valence-corrected chi connectivity index (χ0v) is 17.4. The third-order valence-corrected chi connectivity index (χ3v) is 4.86. The van der Waals surface area contributed by atoms with Gasteiger partial charge >= 0.3 is 6.18 Å². The van der Waals surface area contributed by atoms with E-state index in [-0.39, 0.29) is 30.1 Å². The summed E-state index contributed by atoms with van der Waals surface area (Å²) in [6.45, 7) is 1.46. The van der Waals surface area contributed by atoms with Gasteiger partial charge in [0.2, 0.25) is 0 Å². The Labute approximate surface area is 186 Å². The monoisotopic (exact) mass is 453 g/mol. The van der Waals surface area contributed by atoms with E-state index in [0.29, 0.717) is 22.8 Å². The standard InChI is InChI=1S/C22H18F3N7O/c1-14-11-19(31-9-5-20(30-31)32-8-2-7-27-32)16(6-10-33)21(28-14)29-18-4-3-15(13-26)12-17(18)22(23,24)25/h2-5,7-9,11-12,33H,6,10H2,1H3,(H,28,29). The van der Waals surface area contributed by atoms with Gasteiger partial charge in [-0.2, -0.15) is 23.5 Å². The molecule has 11 heteroatoms. The summed E-state index contributed by atoms with van der Waals surface area (Å²) in [7, 11) is 0. The van der Waals surface area contributed by atoms with Gasteiger partial charge in [-0.25, -0.2) is 14.3 Å². The summed E-state index contributed by atoms with van der Waals surface area (Å²) in [5, 5.41) is 30.0. The molecule has 0 radical (unpaired) electrons. The van der Waals surface area contributed by atoms with Crippen LogP contribution in [0.3, 0.4) is 0 Å². The van der Waals surface area contributed by atoms with Crippen molar-refractivity contribution in [2.24, 2.45) is 0 Å². The first-order valence-corrected chi connectivity index (χ1v) is 9.86. The highest BCUT2D eigenvalue weighted by Gasteiger charge is 2.34. The molecule has 4 rings (SSSR count). The Hall–Kier alpha value is -4.17. The van der Waals surface area contributed by atoms with Gasteiger partial charge < -0.3 is 10.4 Å². The minimum absolute atomic E-state index is 0.107. The van der Waals surface area contributed by atoms with E-state index in [1.54, 1.807) is 59.1 Å². The maximum absolute atomic E-state index is 13.6. The van der Waals surface area contributed by atoms with Crippen LogP contribution in [0.1, 0.15) is 22.4 Å². The van der Waals surface area contributed by atoms with E-state index in [2.05, 4.69) is 20.5 Å². The maximum Gasteiger partial charge on any atom is 0.418 e. The number of nitrogens with one attached hydrogen (secondary N) is 1. The predicted molar refractivity (Wildman–Crippen MR) is 113 cm³/mol. The van der Waals surface area contributed by atoms with Crippen LogP contribution in [-0.4, -0.2) is 36.3 Å². The van der Waals surface area contributed by atoms with Crippen LogP contribution in [0, 0.1) is 18.3 Å². The number of alkyl halides is 3. The third-order valence-electron chi connectivity index (χ3n) is 4.86. The zero-order chi connectivity index (χ0) is 23.6. The second kappa shape index (κ2) is 8.76. The van der Waals surface area contributed by atoms with E-state index < -0.39 is 11.7 Å². The Morgan fingerprint density at radius 3 is 2.64 bits per heavy atom. The first-order chi connectivity index (χ1) is 15.8. The molecule has 168 valence electrons. The van der Waals surface area contributed by atoms with E-state index in [9.17, 15) is 18.3 Å². The molecule has 0 atom stereocenters. The fourth-order valence-corrected chi connectivity index (χ4v) is 3.41. The fraction of sp³-hybridized carbons (Fsp3) is 0.182. The topological polar surface area (TPSA) is 105 Å². The van der Waals surface area contributed by atoms with Crippen LogP contribution in [0.5, 0.6) is 0 Å². The van der Waals surface area contributed by atoms with E-state index >= 15 is 0 Å². The average molecular weight is 453 g/mol. The lowest BCUT2D eigenvalue weighted by molar-refractivity contribution is -0.136. The Kier molecular flexibility index (Phi) is 5.85. The summed E-state index contributed by atoms with van der Waals surface area (Å²) in [5.74, 6) is 0.704. The number of aromatic nitrogens is 5. The molecule has 0 aliphatic carbocycles. The van der Waals surface area contributed by atoms with Crippen LogP contribution in [0.4, 0.5) is 24.7 Å². The van der Waals surface area contributed by atoms with Crippen LogP contribution >= 0.6 is 0 Å². The van der Waals surface area contributed by atoms with Crippen molar-refractivity contribution in [2.75, 3.05) is 11.9 Å². The number of aliphatic hydroxyl groups is 1. The summed E-state index contributed by atoms with van der Waals surface area (Å²) in [4.78, 5) is 4.38. The van der Waals surface area contributed by atoms with E-state index in [1.165, 1.54) is 12.1 Å². The number of aliphatic hydroxyl groups excluding tert-OH is 1. The molecule has 4 aromatic rings. The first kappa shape index (κ1) is 22.0. The molecule has 0 bridgehead atoms. The number of benzene rings is 1. The quantitative estimate of drug-likeness (QED) is 0.458. The lowest BCUT2D eigenvalue weighted by atomic mass is 10.1. The molecule has 0 aliphatic rings. The molecular weight excluding hydrogens is 435 g/mol. The van der Waals surface area contributed by atoms with Gasteiger partial charge in [0.05, 0.1) is 28.6 Å². The molecule has 0 saturated carbocycles. The van der Waals surface area contributed by atoms with Crippen LogP contribution in [0.25, 0.3) is 11.5 Å². The number of hydrogen-bond acceptors (Lipinski definition) is 6. The van der Waals surface area contributed by atoms with Crippen molar-refractivity contribution in [3.05, 3.63) is 77.4 Å². The van der Waals surface area contributed by atoms with Gasteiger partial charge in [-0.05, 0) is 37.3 Å². The van der Waals surface area contributed by atoms with Gasteiger partial charge in [0.25, 0.3) is 0 Å². The van der Waals surface area contributed by atoms with Crippen LogP contribution in [0.2, 0.25) is 0 Å². The average Bonchev–Trinajstić information content (AvgIpc) is 3.47. The summed E-state index contributed by atoms with van der Waals surface area (Å²) in [5.41, 5.74) is 0.232. The molecule has 8 nitrogen and oxygen atoms in total. The highest BCUT2D eigenvalue weighted by Crippen LogP contribution is 2.37. The van der Waals surface area contributed by atoms with Crippen molar-refractivity contribution in [3.8, 4) is 17.6 Å². The van der Waals surface area contributed by atoms with E-state index in [4.69, 9.17) is 5.26 Å². The van der Waals surface area contributed by atoms with Gasteiger partial charge in [-0.1, -0.05) is 0 Å². The molecule has 33 heavy (non-hydrogen) atoms. The molecule has 0 amide bonds. The molecule has 1 aromatic carbocycles. The molecule has 0 spiro atoms. The molecule has 0 unspecified atom stereocenters. The van der Waals surface area contributed by atoms with E-state index in [0.717, 1.165) is 6.07 Å². The number of hydrogen-bond donors (Lipinski definition) is 2. The van der Waals surface area contributed by atoms with Crippen LogP contribution in [-0.2, 0) is 12.6 Å².